The number of pyridine rings is 1. The predicted octanol–water partition coefficient (Wildman–Crippen LogP) is 3.84. The molecule has 2 heterocycles. The minimum absolute atomic E-state index is 0.0669. The Morgan fingerprint density at radius 2 is 1.88 bits per heavy atom. The van der Waals surface area contributed by atoms with Crippen LogP contribution in [0.15, 0.2) is 76.4 Å². The second-order valence-electron chi connectivity index (χ2n) is 7.74. The summed E-state index contributed by atoms with van der Waals surface area (Å²) in [7, 11) is 0. The van der Waals surface area contributed by atoms with E-state index in [-0.39, 0.29) is 23.2 Å². The maximum atomic E-state index is 13.3. The third-order valence-corrected chi connectivity index (χ3v) is 5.52. The average molecular weight is 463 g/mol. The van der Waals surface area contributed by atoms with Gasteiger partial charge in [0.25, 0.3) is 17.0 Å². The highest BCUT2D eigenvalue weighted by Gasteiger charge is 2.21. The van der Waals surface area contributed by atoms with E-state index in [2.05, 4.69) is 9.97 Å². The molecule has 2 aromatic heterocycles. The maximum absolute atomic E-state index is 13.3. The van der Waals surface area contributed by atoms with E-state index in [1.807, 2.05) is 37.3 Å². The van der Waals surface area contributed by atoms with Gasteiger partial charge in [-0.1, -0.05) is 48.9 Å². The van der Waals surface area contributed by atoms with Crippen molar-refractivity contribution in [3.05, 3.63) is 110 Å². The number of nitrogens with one attached hydrogen (secondary N) is 1. The van der Waals surface area contributed by atoms with Crippen molar-refractivity contribution in [3.8, 4) is 0 Å². The molecule has 8 heteroatoms. The number of amides is 1. The zero-order valence-electron chi connectivity index (χ0n) is 18.1. The van der Waals surface area contributed by atoms with E-state index in [9.17, 15) is 14.4 Å². The number of hydrogen-bond donors (Lipinski definition) is 1. The molecule has 33 heavy (non-hydrogen) atoms. The van der Waals surface area contributed by atoms with Crippen LogP contribution in [0, 0.1) is 0 Å². The number of aromatic nitrogens is 3. The van der Waals surface area contributed by atoms with Crippen molar-refractivity contribution >= 4 is 28.4 Å². The number of fused-ring (bicyclic) bond motifs is 1. The normalized spacial score (nSPS) is 11.0. The van der Waals surface area contributed by atoms with Gasteiger partial charge in [-0.25, -0.2) is 4.98 Å². The summed E-state index contributed by atoms with van der Waals surface area (Å²) >= 11 is 6.05. The van der Waals surface area contributed by atoms with Crippen LogP contribution in [0.4, 0.5) is 0 Å². The lowest BCUT2D eigenvalue weighted by Crippen LogP contribution is -2.37. The molecule has 0 aliphatic carbocycles. The number of carbonyl (C=O) groups is 1. The van der Waals surface area contributed by atoms with Gasteiger partial charge in [0.1, 0.15) is 11.4 Å². The molecule has 0 aliphatic rings. The number of rotatable bonds is 7. The summed E-state index contributed by atoms with van der Waals surface area (Å²) in [6.45, 7) is 2.78. The van der Waals surface area contributed by atoms with E-state index in [0.717, 1.165) is 5.56 Å². The number of nitrogens with zero attached hydrogens (tertiary/aromatic N) is 3. The summed E-state index contributed by atoms with van der Waals surface area (Å²) in [5.74, 6) is -0.0739. The van der Waals surface area contributed by atoms with Crippen molar-refractivity contribution in [1.29, 1.82) is 0 Å². The Labute approximate surface area is 195 Å². The van der Waals surface area contributed by atoms with Crippen molar-refractivity contribution in [2.75, 3.05) is 6.54 Å². The molecule has 168 valence electrons. The lowest BCUT2D eigenvalue weighted by Gasteiger charge is -2.22. The van der Waals surface area contributed by atoms with Gasteiger partial charge in [0.15, 0.2) is 0 Å². The van der Waals surface area contributed by atoms with Crippen LogP contribution in [-0.4, -0.2) is 31.9 Å². The number of aromatic amines is 1. The van der Waals surface area contributed by atoms with Gasteiger partial charge in [-0.3, -0.25) is 14.4 Å². The highest BCUT2D eigenvalue weighted by Crippen LogP contribution is 2.15. The number of halogens is 1. The van der Waals surface area contributed by atoms with Crippen LogP contribution in [0.3, 0.4) is 0 Å². The minimum Gasteiger partial charge on any atom is -0.331 e. The van der Waals surface area contributed by atoms with Crippen LogP contribution in [0.25, 0.3) is 10.9 Å². The average Bonchev–Trinajstić information content (AvgIpc) is 2.80. The zero-order valence-corrected chi connectivity index (χ0v) is 18.9. The summed E-state index contributed by atoms with van der Waals surface area (Å²) in [5, 5.41) is 0.889. The highest BCUT2D eigenvalue weighted by molar-refractivity contribution is 6.31. The van der Waals surface area contributed by atoms with Gasteiger partial charge in [-0.15, -0.1) is 0 Å². The molecule has 4 rings (SSSR count). The Morgan fingerprint density at radius 3 is 2.64 bits per heavy atom. The van der Waals surface area contributed by atoms with Gasteiger partial charge in [0, 0.05) is 17.8 Å². The summed E-state index contributed by atoms with van der Waals surface area (Å²) in [5.41, 5.74) is 0.828. The lowest BCUT2D eigenvalue weighted by atomic mass is 10.2. The molecule has 7 nitrogen and oxygen atoms in total. The molecule has 0 fully saturated rings. The highest BCUT2D eigenvalue weighted by atomic mass is 35.5. The molecule has 0 bridgehead atoms. The Kier molecular flexibility index (Phi) is 6.70. The first-order valence-electron chi connectivity index (χ1n) is 10.7. The molecule has 2 aromatic carbocycles. The number of hydrogen-bond acceptors (Lipinski definition) is 4. The van der Waals surface area contributed by atoms with Crippen molar-refractivity contribution < 1.29 is 4.79 Å². The van der Waals surface area contributed by atoms with Gasteiger partial charge in [-0.05, 0) is 42.3 Å². The summed E-state index contributed by atoms with van der Waals surface area (Å²) in [6, 6.07) is 17.7. The van der Waals surface area contributed by atoms with Crippen molar-refractivity contribution in [2.45, 2.75) is 26.4 Å². The first-order chi connectivity index (χ1) is 16.0. The Morgan fingerprint density at radius 1 is 1.09 bits per heavy atom. The Balaban J connectivity index is 1.64. The molecule has 0 radical (unpaired) electrons. The zero-order chi connectivity index (χ0) is 23.4. The van der Waals surface area contributed by atoms with Crippen LogP contribution in [0.2, 0.25) is 5.02 Å². The van der Waals surface area contributed by atoms with Crippen LogP contribution in [-0.2, 0) is 13.1 Å². The third-order valence-electron chi connectivity index (χ3n) is 5.29. The predicted molar refractivity (Wildman–Crippen MR) is 129 cm³/mol. The van der Waals surface area contributed by atoms with Crippen LogP contribution in [0.1, 0.15) is 35.1 Å². The second kappa shape index (κ2) is 9.83. The minimum atomic E-state index is -0.405. The first kappa shape index (κ1) is 22.5. The fourth-order valence-corrected chi connectivity index (χ4v) is 3.88. The molecule has 0 atom stereocenters. The summed E-state index contributed by atoms with van der Waals surface area (Å²) in [6.07, 6.45) is 2.35. The standard InChI is InChI=1S/C25H23ClN4O3/c1-2-12-29(16-22-27-21-14-18(26)10-11-19(21)23(31)28-22)24(32)20-9-6-13-30(25(20)33)15-17-7-4-3-5-8-17/h3-11,13-14H,2,12,15-16H2,1H3,(H,27,28,31). The van der Waals surface area contributed by atoms with Crippen LogP contribution < -0.4 is 11.1 Å². The molecular weight excluding hydrogens is 440 g/mol. The maximum Gasteiger partial charge on any atom is 0.263 e. The fraction of sp³-hybridized carbons (Fsp3) is 0.200. The lowest BCUT2D eigenvalue weighted by molar-refractivity contribution is 0.0736. The largest absolute Gasteiger partial charge is 0.331 e. The third kappa shape index (κ3) is 5.04. The summed E-state index contributed by atoms with van der Waals surface area (Å²) < 4.78 is 1.52. The van der Waals surface area contributed by atoms with E-state index in [1.165, 1.54) is 15.5 Å². The van der Waals surface area contributed by atoms with E-state index in [0.29, 0.717) is 41.3 Å². The SMILES string of the molecule is CCCN(Cc1nc2cc(Cl)ccc2c(=O)[nH]1)C(=O)c1cccn(Cc2ccccc2)c1=O. The van der Waals surface area contributed by atoms with Gasteiger partial charge >= 0.3 is 0 Å². The molecule has 0 spiro atoms. The first-order valence-corrected chi connectivity index (χ1v) is 11.0. The smallest absolute Gasteiger partial charge is 0.263 e. The molecule has 0 saturated carbocycles. The molecular formula is C25H23ClN4O3. The Bertz CT molecular complexity index is 1410. The van der Waals surface area contributed by atoms with E-state index in [4.69, 9.17) is 11.6 Å². The molecule has 1 N–H and O–H groups in total. The van der Waals surface area contributed by atoms with Gasteiger partial charge in [0.05, 0.1) is 24.0 Å². The van der Waals surface area contributed by atoms with Gasteiger partial charge in [0.2, 0.25) is 0 Å². The number of benzene rings is 2. The van der Waals surface area contributed by atoms with E-state index >= 15 is 0 Å². The second-order valence-corrected chi connectivity index (χ2v) is 8.18. The quantitative estimate of drug-likeness (QED) is 0.452. The Hall–Kier alpha value is -3.71. The van der Waals surface area contributed by atoms with Crippen molar-refractivity contribution in [2.24, 2.45) is 0 Å². The molecule has 1 amide bonds. The number of H-pyrrole nitrogens is 1. The van der Waals surface area contributed by atoms with Crippen LogP contribution >= 0.6 is 11.6 Å². The number of carbonyl (C=O) groups excluding carboxylic acids is 1. The monoisotopic (exact) mass is 462 g/mol. The van der Waals surface area contributed by atoms with Crippen molar-refractivity contribution in [3.63, 3.8) is 0 Å². The van der Waals surface area contributed by atoms with Crippen LogP contribution in [0.5, 0.6) is 0 Å². The summed E-state index contributed by atoms with van der Waals surface area (Å²) in [4.78, 5) is 47.6. The molecule has 4 aromatic rings. The molecule has 0 unspecified atom stereocenters. The molecule has 0 aliphatic heterocycles. The van der Waals surface area contributed by atoms with E-state index < -0.39 is 5.91 Å². The molecule has 0 saturated heterocycles. The van der Waals surface area contributed by atoms with Gasteiger partial charge in [-0.2, -0.15) is 0 Å². The van der Waals surface area contributed by atoms with Gasteiger partial charge < -0.3 is 14.5 Å². The van der Waals surface area contributed by atoms with E-state index in [1.54, 1.807) is 30.5 Å². The fourth-order valence-electron chi connectivity index (χ4n) is 3.71. The van der Waals surface area contributed by atoms with Crippen molar-refractivity contribution in [1.82, 2.24) is 19.4 Å². The topological polar surface area (TPSA) is 88.1 Å².